The van der Waals surface area contributed by atoms with Crippen molar-refractivity contribution in [3.63, 3.8) is 0 Å². The highest BCUT2D eigenvalue weighted by Gasteiger charge is 2.34. The monoisotopic (exact) mass is 350 g/mol. The van der Waals surface area contributed by atoms with Crippen LogP contribution in [0.25, 0.3) is 0 Å². The highest BCUT2D eigenvalue weighted by Crippen LogP contribution is 2.24. The number of benzene rings is 1. The molecule has 0 spiro atoms. The number of nitrogens with zero attached hydrogens (tertiary/aromatic N) is 2. The number of anilines is 1. The Kier molecular flexibility index (Phi) is 4.61. The van der Waals surface area contributed by atoms with E-state index in [0.717, 1.165) is 5.69 Å². The van der Waals surface area contributed by atoms with Gasteiger partial charge in [0.1, 0.15) is 16.7 Å². The van der Waals surface area contributed by atoms with Gasteiger partial charge < -0.3 is 16.0 Å². The molecule has 1 unspecified atom stereocenters. The standard InChI is InChI=1S/C15H15ClN4O2S/c16-9-2-1-3-10(6-9)20-5-4-11(15(20)22)19-14(21)12-8-23-13(7-17)18-12/h1-3,6,8,11H,4-5,7,17H2,(H,19,21). The van der Waals surface area contributed by atoms with Crippen LogP contribution in [0, 0.1) is 0 Å². The number of nitrogens with one attached hydrogen (secondary N) is 1. The van der Waals surface area contributed by atoms with E-state index in [1.165, 1.54) is 11.3 Å². The summed E-state index contributed by atoms with van der Waals surface area (Å²) in [4.78, 5) is 30.4. The Labute approximate surface area is 142 Å². The molecule has 0 saturated carbocycles. The van der Waals surface area contributed by atoms with Gasteiger partial charge in [-0.15, -0.1) is 11.3 Å². The minimum absolute atomic E-state index is 0.144. The third-order valence-electron chi connectivity index (χ3n) is 3.59. The highest BCUT2D eigenvalue weighted by molar-refractivity contribution is 7.09. The zero-order valence-electron chi connectivity index (χ0n) is 12.2. The van der Waals surface area contributed by atoms with E-state index < -0.39 is 6.04 Å². The second-order valence-electron chi connectivity index (χ2n) is 5.12. The number of carbonyl (C=O) groups is 2. The maximum Gasteiger partial charge on any atom is 0.271 e. The van der Waals surface area contributed by atoms with Crippen molar-refractivity contribution < 1.29 is 9.59 Å². The van der Waals surface area contributed by atoms with Crippen LogP contribution in [0.5, 0.6) is 0 Å². The predicted molar refractivity (Wildman–Crippen MR) is 89.7 cm³/mol. The van der Waals surface area contributed by atoms with E-state index in [2.05, 4.69) is 10.3 Å². The van der Waals surface area contributed by atoms with Crippen molar-refractivity contribution in [2.24, 2.45) is 5.73 Å². The second-order valence-corrected chi connectivity index (χ2v) is 6.49. The smallest absolute Gasteiger partial charge is 0.271 e. The first-order valence-electron chi connectivity index (χ1n) is 7.11. The lowest BCUT2D eigenvalue weighted by atomic mass is 10.2. The minimum atomic E-state index is -0.551. The van der Waals surface area contributed by atoms with E-state index in [-0.39, 0.29) is 11.8 Å². The number of thiazole rings is 1. The van der Waals surface area contributed by atoms with Gasteiger partial charge in [0, 0.05) is 29.2 Å². The maximum atomic E-state index is 12.5. The number of halogens is 1. The molecule has 0 aliphatic carbocycles. The normalized spacial score (nSPS) is 17.6. The summed E-state index contributed by atoms with van der Waals surface area (Å²) in [6, 6.07) is 6.55. The molecule has 0 bridgehead atoms. The number of amides is 2. The molecule has 0 radical (unpaired) electrons. The van der Waals surface area contributed by atoms with Crippen LogP contribution in [0.15, 0.2) is 29.6 Å². The maximum absolute atomic E-state index is 12.5. The fraction of sp³-hybridized carbons (Fsp3) is 0.267. The Morgan fingerprint density at radius 2 is 2.35 bits per heavy atom. The highest BCUT2D eigenvalue weighted by atomic mass is 35.5. The Hall–Kier alpha value is -1.96. The number of aromatic nitrogens is 1. The van der Waals surface area contributed by atoms with Gasteiger partial charge in [-0.05, 0) is 24.6 Å². The molecule has 2 aromatic rings. The van der Waals surface area contributed by atoms with Crippen LogP contribution in [0.3, 0.4) is 0 Å². The number of nitrogens with two attached hydrogens (primary N) is 1. The van der Waals surface area contributed by atoms with Gasteiger partial charge in [0.05, 0.1) is 0 Å². The predicted octanol–water partition coefficient (Wildman–Crippen LogP) is 1.79. The van der Waals surface area contributed by atoms with E-state index >= 15 is 0 Å². The van der Waals surface area contributed by atoms with Crippen LogP contribution >= 0.6 is 22.9 Å². The third-order valence-corrected chi connectivity index (χ3v) is 4.70. The molecule has 23 heavy (non-hydrogen) atoms. The Morgan fingerprint density at radius 1 is 1.52 bits per heavy atom. The van der Waals surface area contributed by atoms with E-state index in [1.807, 2.05) is 6.07 Å². The molecule has 2 heterocycles. The van der Waals surface area contributed by atoms with Gasteiger partial charge in [0.2, 0.25) is 5.91 Å². The number of rotatable bonds is 4. The van der Waals surface area contributed by atoms with Gasteiger partial charge in [-0.1, -0.05) is 17.7 Å². The molecule has 1 aliphatic rings. The summed E-state index contributed by atoms with van der Waals surface area (Å²) >= 11 is 7.29. The first kappa shape index (κ1) is 15.9. The molecule has 3 N–H and O–H groups in total. The van der Waals surface area contributed by atoms with Gasteiger partial charge in [-0.2, -0.15) is 0 Å². The molecule has 120 valence electrons. The average Bonchev–Trinajstić information content (AvgIpc) is 3.15. The lowest BCUT2D eigenvalue weighted by Crippen LogP contribution is -2.41. The summed E-state index contributed by atoms with van der Waals surface area (Å²) < 4.78 is 0. The fourth-order valence-corrected chi connectivity index (χ4v) is 3.29. The van der Waals surface area contributed by atoms with Crippen LogP contribution in [-0.4, -0.2) is 29.4 Å². The molecule has 3 rings (SSSR count). The molecule has 1 aliphatic heterocycles. The van der Waals surface area contributed by atoms with Crippen molar-refractivity contribution in [3.8, 4) is 0 Å². The molecule has 1 atom stereocenters. The van der Waals surface area contributed by atoms with Crippen molar-refractivity contribution in [3.05, 3.63) is 45.4 Å². The van der Waals surface area contributed by atoms with Crippen molar-refractivity contribution in [1.29, 1.82) is 0 Å². The minimum Gasteiger partial charge on any atom is -0.339 e. The Balaban J connectivity index is 1.68. The van der Waals surface area contributed by atoms with Gasteiger partial charge in [0.25, 0.3) is 5.91 Å². The van der Waals surface area contributed by atoms with Crippen molar-refractivity contribution in [2.45, 2.75) is 19.0 Å². The van der Waals surface area contributed by atoms with Crippen LogP contribution in [0.4, 0.5) is 5.69 Å². The van der Waals surface area contributed by atoms with Gasteiger partial charge in [-0.3, -0.25) is 9.59 Å². The second kappa shape index (κ2) is 6.66. The zero-order valence-corrected chi connectivity index (χ0v) is 13.7. The summed E-state index contributed by atoms with van der Waals surface area (Å²) in [5.41, 5.74) is 6.52. The summed E-state index contributed by atoms with van der Waals surface area (Å²) in [6.45, 7) is 0.831. The van der Waals surface area contributed by atoms with Gasteiger partial charge in [-0.25, -0.2) is 4.98 Å². The van der Waals surface area contributed by atoms with Crippen molar-refractivity contribution in [2.75, 3.05) is 11.4 Å². The Morgan fingerprint density at radius 3 is 3.04 bits per heavy atom. The summed E-state index contributed by atoms with van der Waals surface area (Å²) in [5, 5.41) is 5.64. The Bertz CT molecular complexity index is 749. The SMILES string of the molecule is NCc1nc(C(=O)NC2CCN(c3cccc(Cl)c3)C2=O)cs1. The molecule has 2 amide bonds. The quantitative estimate of drug-likeness (QED) is 0.879. The average molecular weight is 351 g/mol. The molecular formula is C15H15ClN4O2S. The lowest BCUT2D eigenvalue weighted by molar-refractivity contribution is -0.118. The largest absolute Gasteiger partial charge is 0.339 e. The van der Waals surface area contributed by atoms with Crippen molar-refractivity contribution >= 4 is 40.4 Å². The van der Waals surface area contributed by atoms with Gasteiger partial charge >= 0.3 is 0 Å². The van der Waals surface area contributed by atoms with E-state index in [0.29, 0.717) is 35.2 Å². The summed E-state index contributed by atoms with van der Waals surface area (Å²) in [5.74, 6) is -0.498. The van der Waals surface area contributed by atoms with E-state index in [4.69, 9.17) is 17.3 Å². The summed E-state index contributed by atoms with van der Waals surface area (Å²) in [6.07, 6.45) is 0.547. The van der Waals surface area contributed by atoms with Gasteiger partial charge in [0.15, 0.2) is 0 Å². The summed E-state index contributed by atoms with van der Waals surface area (Å²) in [7, 11) is 0. The number of hydrogen-bond acceptors (Lipinski definition) is 5. The molecule has 6 nitrogen and oxygen atoms in total. The van der Waals surface area contributed by atoms with Crippen LogP contribution in [0.1, 0.15) is 21.9 Å². The number of hydrogen-bond donors (Lipinski definition) is 2. The van der Waals surface area contributed by atoms with Crippen LogP contribution < -0.4 is 16.0 Å². The number of carbonyl (C=O) groups excluding carboxylic acids is 2. The van der Waals surface area contributed by atoms with Crippen molar-refractivity contribution in [1.82, 2.24) is 10.3 Å². The fourth-order valence-electron chi connectivity index (χ4n) is 2.46. The first-order chi connectivity index (χ1) is 11.1. The lowest BCUT2D eigenvalue weighted by Gasteiger charge is -2.17. The zero-order chi connectivity index (χ0) is 16.4. The molecule has 1 saturated heterocycles. The first-order valence-corrected chi connectivity index (χ1v) is 8.36. The molecular weight excluding hydrogens is 336 g/mol. The molecule has 1 aromatic carbocycles. The van der Waals surface area contributed by atoms with E-state index in [9.17, 15) is 9.59 Å². The molecule has 8 heteroatoms. The van der Waals surface area contributed by atoms with Crippen LogP contribution in [-0.2, 0) is 11.3 Å². The third kappa shape index (κ3) is 3.36. The van der Waals surface area contributed by atoms with E-state index in [1.54, 1.807) is 28.5 Å². The molecule has 1 aromatic heterocycles. The topological polar surface area (TPSA) is 88.3 Å². The van der Waals surface area contributed by atoms with Crippen LogP contribution in [0.2, 0.25) is 5.02 Å². The molecule has 1 fully saturated rings.